The fourth-order valence-electron chi connectivity index (χ4n) is 2.88. The number of aliphatic hydroxyl groups is 8. The van der Waals surface area contributed by atoms with Crippen LogP contribution in [0.15, 0.2) is 15.3 Å². The molecular weight excluding hydrogens is 560 g/mol. The van der Waals surface area contributed by atoms with Crippen LogP contribution in [0.4, 0.5) is 0 Å². The Labute approximate surface area is 243 Å². The summed E-state index contributed by atoms with van der Waals surface area (Å²) in [6.07, 6.45) is 0. The van der Waals surface area contributed by atoms with Gasteiger partial charge in [-0.25, -0.2) is 0 Å². The molecule has 0 bridgehead atoms. The van der Waals surface area contributed by atoms with Crippen molar-refractivity contribution in [2.45, 2.75) is 67.9 Å². The van der Waals surface area contributed by atoms with E-state index >= 15 is 0 Å². The standard InChI is InChI=1S/C24H42N8O10/c1-19(2,17(41)27-23(11-35,12-36)13-37)29-30-22(5,18(42)28-24(14-38,15-39)16-40)8-32(21(4,7-26)10-34)31-20(3,6-25)9-33/h33-40H,8-16H2,1-5H3,(H-,27,28,41,42)/p+1. The molecule has 42 heavy (non-hydrogen) atoms. The zero-order valence-electron chi connectivity index (χ0n) is 24.4. The van der Waals surface area contributed by atoms with Crippen LogP contribution in [0.1, 0.15) is 34.6 Å². The van der Waals surface area contributed by atoms with Gasteiger partial charge in [0, 0.05) is 6.92 Å². The highest BCUT2D eigenvalue weighted by atomic mass is 16.3. The Morgan fingerprint density at radius 1 is 0.667 bits per heavy atom. The summed E-state index contributed by atoms with van der Waals surface area (Å²) in [5.41, 5.74) is -11.6. The third-order valence-electron chi connectivity index (χ3n) is 6.61. The van der Waals surface area contributed by atoms with Gasteiger partial charge in [0.05, 0.1) is 46.2 Å². The summed E-state index contributed by atoms with van der Waals surface area (Å²) in [6.45, 7) is -1.64. The number of amides is 2. The maximum absolute atomic E-state index is 13.6. The minimum atomic E-state index is -2.20. The molecule has 3 unspecified atom stereocenters. The van der Waals surface area contributed by atoms with Gasteiger partial charge in [0.2, 0.25) is 23.5 Å². The molecule has 18 heteroatoms. The predicted molar refractivity (Wildman–Crippen MR) is 141 cm³/mol. The zero-order valence-corrected chi connectivity index (χ0v) is 24.4. The van der Waals surface area contributed by atoms with Crippen molar-refractivity contribution >= 4 is 11.8 Å². The average Bonchev–Trinajstić information content (AvgIpc) is 3.00. The van der Waals surface area contributed by atoms with E-state index in [0.29, 0.717) is 0 Å². The smallest absolute Gasteiger partial charge is 0.291 e. The number of nitrogens with one attached hydrogen (secondary N) is 2. The van der Waals surface area contributed by atoms with E-state index in [1.807, 2.05) is 6.07 Å². The molecular formula is C24H43N8O10+. The minimum absolute atomic E-state index is 0.742. The minimum Gasteiger partial charge on any atom is -0.394 e. The Hall–Kier alpha value is -3.20. The summed E-state index contributed by atoms with van der Waals surface area (Å²) in [6, 6.07) is 3.56. The molecule has 0 aliphatic carbocycles. The number of aliphatic hydroxyl groups excluding tert-OH is 8. The van der Waals surface area contributed by atoms with Crippen molar-refractivity contribution in [3.05, 3.63) is 0 Å². The van der Waals surface area contributed by atoms with E-state index in [9.17, 15) is 61.0 Å². The molecule has 0 saturated carbocycles. The number of hydrogen-bond donors (Lipinski definition) is 10. The van der Waals surface area contributed by atoms with Crippen LogP contribution in [-0.2, 0) is 9.59 Å². The van der Waals surface area contributed by atoms with Crippen molar-refractivity contribution in [2.75, 3.05) is 59.4 Å². The van der Waals surface area contributed by atoms with Gasteiger partial charge in [0.1, 0.15) is 29.8 Å². The molecule has 2 amide bonds. The Morgan fingerprint density at radius 3 is 1.43 bits per heavy atom. The largest absolute Gasteiger partial charge is 0.394 e. The summed E-state index contributed by atoms with van der Waals surface area (Å²) in [5.74, 6) is -2.06. The monoisotopic (exact) mass is 603 g/mol. The lowest BCUT2D eigenvalue weighted by Crippen LogP contribution is -2.63. The van der Waals surface area contributed by atoms with E-state index in [4.69, 9.17) is 0 Å². The van der Waals surface area contributed by atoms with Crippen molar-refractivity contribution in [1.29, 1.82) is 10.5 Å². The molecule has 0 radical (unpaired) electrons. The van der Waals surface area contributed by atoms with Gasteiger partial charge in [-0.3, -0.25) is 9.59 Å². The number of carbonyl (C=O) groups is 2. The summed E-state index contributed by atoms with van der Waals surface area (Å²) < 4.78 is 0.838. The van der Waals surface area contributed by atoms with E-state index in [1.54, 1.807) is 6.07 Å². The molecule has 0 rings (SSSR count). The third-order valence-corrected chi connectivity index (χ3v) is 6.61. The van der Waals surface area contributed by atoms with E-state index in [-0.39, 0.29) is 0 Å². The highest BCUT2D eigenvalue weighted by molar-refractivity contribution is 5.88. The first-order valence-electron chi connectivity index (χ1n) is 12.7. The highest BCUT2D eigenvalue weighted by Crippen LogP contribution is 2.24. The lowest BCUT2D eigenvalue weighted by atomic mass is 9.95. The van der Waals surface area contributed by atoms with Crippen LogP contribution >= 0.6 is 0 Å². The number of nitrogens with zero attached hydrogens (tertiary/aromatic N) is 6. The fourth-order valence-corrected chi connectivity index (χ4v) is 2.88. The molecule has 0 aliphatic heterocycles. The van der Waals surface area contributed by atoms with Gasteiger partial charge >= 0.3 is 0 Å². The van der Waals surface area contributed by atoms with Crippen LogP contribution in [-0.4, -0.2) is 150 Å². The highest BCUT2D eigenvalue weighted by Gasteiger charge is 2.50. The van der Waals surface area contributed by atoms with E-state index in [1.165, 1.54) is 27.7 Å². The lowest BCUT2D eigenvalue weighted by Gasteiger charge is -2.34. The molecule has 0 aromatic heterocycles. The lowest BCUT2D eigenvalue weighted by molar-refractivity contribution is -0.659. The normalized spacial score (nSPS) is 17.4. The van der Waals surface area contributed by atoms with Gasteiger partial charge in [0.25, 0.3) is 11.4 Å². The zero-order chi connectivity index (χ0) is 33.0. The predicted octanol–water partition coefficient (Wildman–Crippen LogP) is -4.35. The molecule has 0 aromatic rings. The molecule has 0 saturated heterocycles. The maximum atomic E-state index is 13.6. The Kier molecular flexibility index (Phi) is 14.2. The molecule has 0 aliphatic rings. The topological polar surface area (TPSA) is 308 Å². The number of rotatable bonds is 18. The second kappa shape index (κ2) is 15.3. The van der Waals surface area contributed by atoms with E-state index in [2.05, 4.69) is 26.0 Å². The van der Waals surface area contributed by atoms with Crippen molar-refractivity contribution in [1.82, 2.24) is 10.6 Å². The van der Waals surface area contributed by atoms with Gasteiger partial charge < -0.3 is 51.5 Å². The summed E-state index contributed by atoms with van der Waals surface area (Å²) >= 11 is 0. The van der Waals surface area contributed by atoms with Crippen LogP contribution < -0.4 is 10.6 Å². The molecule has 10 N–H and O–H groups in total. The second-order valence-electron chi connectivity index (χ2n) is 11.2. The number of azo groups is 3. The van der Waals surface area contributed by atoms with Crippen LogP contribution in [0.3, 0.4) is 0 Å². The summed E-state index contributed by atoms with van der Waals surface area (Å²) in [5, 5.41) is 114. The van der Waals surface area contributed by atoms with Gasteiger partial charge in [-0.05, 0) is 32.8 Å². The Balaban J connectivity index is 7.15. The Morgan fingerprint density at radius 2 is 1.10 bits per heavy atom. The number of carbonyl (C=O) groups excluding carboxylic acids is 2. The molecule has 18 nitrogen and oxygen atoms in total. The van der Waals surface area contributed by atoms with Gasteiger partial charge in [-0.15, -0.1) is 4.70 Å². The summed E-state index contributed by atoms with van der Waals surface area (Å²) in [7, 11) is 0. The van der Waals surface area contributed by atoms with Crippen molar-refractivity contribution < 1.29 is 55.1 Å². The SMILES string of the molecule is CC(C#N)(CO)N=[N+](CC(C)(N=NC(C)(C)C(=O)NC(CO)(CO)CO)C(=O)NC(CO)(CO)CO)C(C)(C#N)CO. The molecule has 0 heterocycles. The van der Waals surface area contributed by atoms with Crippen molar-refractivity contribution in [3.63, 3.8) is 0 Å². The van der Waals surface area contributed by atoms with Gasteiger partial charge in [0.15, 0.2) is 5.54 Å². The third kappa shape index (κ3) is 9.15. The van der Waals surface area contributed by atoms with Gasteiger partial charge in [-0.1, -0.05) is 0 Å². The van der Waals surface area contributed by atoms with Crippen LogP contribution in [0.2, 0.25) is 0 Å². The fraction of sp³-hybridized carbons (Fsp3) is 0.833. The van der Waals surface area contributed by atoms with Crippen molar-refractivity contribution in [3.8, 4) is 12.1 Å². The Bertz CT molecular complexity index is 1060. The van der Waals surface area contributed by atoms with E-state index < -0.39 is 104 Å². The number of hydrogen-bond acceptors (Lipinski definition) is 15. The summed E-state index contributed by atoms with van der Waals surface area (Å²) in [4.78, 5) is 26.6. The molecule has 0 fully saturated rings. The first kappa shape index (κ1) is 38.8. The molecule has 238 valence electrons. The van der Waals surface area contributed by atoms with Gasteiger partial charge in [-0.2, -0.15) is 20.8 Å². The molecule has 3 atom stereocenters. The van der Waals surface area contributed by atoms with Crippen LogP contribution in [0.5, 0.6) is 0 Å². The quantitative estimate of drug-likeness (QED) is 0.0525. The van der Waals surface area contributed by atoms with Crippen molar-refractivity contribution in [2.24, 2.45) is 15.3 Å². The average molecular weight is 604 g/mol. The van der Waals surface area contributed by atoms with Crippen LogP contribution in [0.25, 0.3) is 0 Å². The van der Waals surface area contributed by atoms with Crippen LogP contribution in [0, 0.1) is 22.7 Å². The van der Waals surface area contributed by atoms with E-state index in [0.717, 1.165) is 11.6 Å². The molecule has 0 spiro atoms. The maximum Gasteiger partial charge on any atom is 0.291 e. The first-order valence-corrected chi connectivity index (χ1v) is 12.7. The second-order valence-corrected chi connectivity index (χ2v) is 11.2. The molecule has 0 aromatic carbocycles. The number of nitriles is 2. The first-order chi connectivity index (χ1) is 19.4.